The molecule has 1 aromatic rings. The monoisotopic (exact) mass is 349 g/mol. The van der Waals surface area contributed by atoms with Crippen molar-refractivity contribution in [2.45, 2.75) is 71.9 Å². The molecule has 0 unspecified atom stereocenters. The Hall–Kier alpha value is -0.930. The van der Waals surface area contributed by atoms with Crippen LogP contribution in [-0.2, 0) is 11.3 Å². The molecule has 1 aliphatic heterocycles. The largest absolute Gasteiger partial charge is 0.376 e. The zero-order valence-electron chi connectivity index (χ0n) is 16.5. The lowest BCUT2D eigenvalue weighted by Crippen LogP contribution is -2.37. The molecule has 0 aromatic heterocycles. The van der Waals surface area contributed by atoms with Gasteiger partial charge in [0.25, 0.3) is 0 Å². The second-order valence-electron chi connectivity index (χ2n) is 8.68. The van der Waals surface area contributed by atoms with Crippen LogP contribution in [0.15, 0.2) is 24.3 Å². The molecule has 142 valence electrons. The van der Waals surface area contributed by atoms with Crippen molar-refractivity contribution in [3.63, 3.8) is 0 Å². The van der Waals surface area contributed by atoms with Crippen LogP contribution in [0.25, 0.3) is 0 Å². The summed E-state index contributed by atoms with van der Waals surface area (Å²) < 4.78 is 18.9. The number of halogens is 1. The fourth-order valence-electron chi connectivity index (χ4n) is 3.97. The minimum Gasteiger partial charge on any atom is -0.376 e. The van der Waals surface area contributed by atoms with E-state index in [1.54, 1.807) is 0 Å². The van der Waals surface area contributed by atoms with Gasteiger partial charge in [-0.25, -0.2) is 4.39 Å². The Morgan fingerprint density at radius 3 is 2.52 bits per heavy atom. The summed E-state index contributed by atoms with van der Waals surface area (Å²) in [4.78, 5) is 0. The SMILES string of the molecule is CC(C)CC[C@H](CCNCc1ccc(F)cc1)[C@H]1CCOC(C)(C)C1. The second-order valence-corrected chi connectivity index (χ2v) is 8.68. The Bertz CT molecular complexity index is 497. The number of hydrogen-bond donors (Lipinski definition) is 1. The summed E-state index contributed by atoms with van der Waals surface area (Å²) in [5.41, 5.74) is 1.17. The van der Waals surface area contributed by atoms with Gasteiger partial charge in [-0.1, -0.05) is 32.4 Å². The van der Waals surface area contributed by atoms with Gasteiger partial charge in [0.15, 0.2) is 0 Å². The van der Waals surface area contributed by atoms with Gasteiger partial charge in [0.1, 0.15) is 5.82 Å². The van der Waals surface area contributed by atoms with E-state index in [4.69, 9.17) is 4.74 Å². The van der Waals surface area contributed by atoms with E-state index in [1.807, 2.05) is 12.1 Å². The molecule has 1 aliphatic rings. The summed E-state index contributed by atoms with van der Waals surface area (Å²) in [6.45, 7) is 11.8. The molecule has 25 heavy (non-hydrogen) atoms. The maximum Gasteiger partial charge on any atom is 0.123 e. The minimum absolute atomic E-state index is 0.0283. The Balaban J connectivity index is 1.81. The fourth-order valence-corrected chi connectivity index (χ4v) is 3.97. The molecule has 3 heteroatoms. The van der Waals surface area contributed by atoms with Crippen molar-refractivity contribution in [2.24, 2.45) is 17.8 Å². The molecule has 1 heterocycles. The molecule has 0 bridgehead atoms. The third-order valence-electron chi connectivity index (χ3n) is 5.45. The van der Waals surface area contributed by atoms with Gasteiger partial charge in [-0.05, 0) is 81.5 Å². The third-order valence-corrected chi connectivity index (χ3v) is 5.45. The quantitative estimate of drug-likeness (QED) is 0.589. The van der Waals surface area contributed by atoms with Crippen molar-refractivity contribution in [3.05, 3.63) is 35.6 Å². The lowest BCUT2D eigenvalue weighted by atomic mass is 9.75. The summed E-state index contributed by atoms with van der Waals surface area (Å²) in [6.07, 6.45) is 6.21. The first-order chi connectivity index (χ1) is 11.9. The lowest BCUT2D eigenvalue weighted by Gasteiger charge is -2.39. The molecule has 0 radical (unpaired) electrons. The molecular formula is C22H36FNO. The average Bonchev–Trinajstić information content (AvgIpc) is 2.54. The topological polar surface area (TPSA) is 21.3 Å². The highest BCUT2D eigenvalue weighted by Gasteiger charge is 2.33. The molecule has 2 atom stereocenters. The minimum atomic E-state index is -0.167. The van der Waals surface area contributed by atoms with Crippen LogP contribution in [-0.4, -0.2) is 18.8 Å². The highest BCUT2D eigenvalue weighted by Crippen LogP contribution is 2.37. The Morgan fingerprint density at radius 1 is 1.16 bits per heavy atom. The summed E-state index contributed by atoms with van der Waals surface area (Å²) in [5.74, 6) is 2.14. The molecule has 0 saturated carbocycles. The molecule has 0 aliphatic carbocycles. The van der Waals surface area contributed by atoms with Gasteiger partial charge >= 0.3 is 0 Å². The van der Waals surface area contributed by atoms with Gasteiger partial charge in [0, 0.05) is 13.2 Å². The summed E-state index contributed by atoms with van der Waals surface area (Å²) >= 11 is 0. The van der Waals surface area contributed by atoms with Crippen molar-refractivity contribution >= 4 is 0 Å². The summed E-state index contributed by atoms with van der Waals surface area (Å²) in [7, 11) is 0. The maximum absolute atomic E-state index is 13.0. The molecule has 1 N–H and O–H groups in total. The van der Waals surface area contributed by atoms with Crippen molar-refractivity contribution in [2.75, 3.05) is 13.2 Å². The van der Waals surface area contributed by atoms with E-state index < -0.39 is 0 Å². The summed E-state index contributed by atoms with van der Waals surface area (Å²) in [5, 5.41) is 3.55. The van der Waals surface area contributed by atoms with E-state index in [-0.39, 0.29) is 11.4 Å². The molecular weight excluding hydrogens is 313 g/mol. The van der Waals surface area contributed by atoms with Crippen LogP contribution in [0.4, 0.5) is 4.39 Å². The van der Waals surface area contributed by atoms with Crippen LogP contribution >= 0.6 is 0 Å². The van der Waals surface area contributed by atoms with Crippen LogP contribution in [0.3, 0.4) is 0 Å². The highest BCUT2D eigenvalue weighted by molar-refractivity contribution is 5.15. The third kappa shape index (κ3) is 7.45. The van der Waals surface area contributed by atoms with Crippen LogP contribution in [0.5, 0.6) is 0 Å². The Kier molecular flexibility index (Phi) is 7.89. The number of hydrogen-bond acceptors (Lipinski definition) is 2. The van der Waals surface area contributed by atoms with Gasteiger partial charge in [-0.15, -0.1) is 0 Å². The van der Waals surface area contributed by atoms with Crippen LogP contribution in [0, 0.1) is 23.6 Å². The molecule has 1 aromatic carbocycles. The van der Waals surface area contributed by atoms with E-state index >= 15 is 0 Å². The van der Waals surface area contributed by atoms with E-state index in [0.717, 1.165) is 43.0 Å². The van der Waals surface area contributed by atoms with Crippen molar-refractivity contribution in [1.29, 1.82) is 0 Å². The number of ether oxygens (including phenoxy) is 1. The average molecular weight is 350 g/mol. The van der Waals surface area contributed by atoms with Crippen molar-refractivity contribution in [3.8, 4) is 0 Å². The zero-order chi connectivity index (χ0) is 18.3. The number of benzene rings is 1. The van der Waals surface area contributed by atoms with Crippen molar-refractivity contribution < 1.29 is 9.13 Å². The lowest BCUT2D eigenvalue weighted by molar-refractivity contribution is -0.0839. The zero-order valence-corrected chi connectivity index (χ0v) is 16.5. The number of rotatable bonds is 9. The van der Waals surface area contributed by atoms with Crippen molar-refractivity contribution in [1.82, 2.24) is 5.32 Å². The molecule has 2 rings (SSSR count). The first-order valence-corrected chi connectivity index (χ1v) is 9.95. The van der Waals surface area contributed by atoms with Gasteiger partial charge in [0.05, 0.1) is 5.60 Å². The molecule has 0 amide bonds. The first kappa shape index (κ1) is 20.4. The highest BCUT2D eigenvalue weighted by atomic mass is 19.1. The first-order valence-electron chi connectivity index (χ1n) is 9.95. The smallest absolute Gasteiger partial charge is 0.123 e. The normalized spacial score (nSPS) is 21.4. The fraction of sp³-hybridized carbons (Fsp3) is 0.727. The van der Waals surface area contributed by atoms with Crippen LogP contribution < -0.4 is 5.32 Å². The predicted molar refractivity (Wildman–Crippen MR) is 103 cm³/mol. The van der Waals surface area contributed by atoms with Gasteiger partial charge in [-0.2, -0.15) is 0 Å². The molecule has 1 fully saturated rings. The standard InChI is InChI=1S/C22H36FNO/c1-17(2)5-8-19(20-12-14-25-22(3,4)15-20)11-13-24-16-18-6-9-21(23)10-7-18/h6-7,9-10,17,19-20,24H,5,8,11-16H2,1-4H3/t19-,20+/m1/s1. The predicted octanol–water partition coefficient (Wildman–Crippen LogP) is 5.56. The maximum atomic E-state index is 13.0. The van der Waals surface area contributed by atoms with E-state index in [9.17, 15) is 4.39 Å². The van der Waals surface area contributed by atoms with Gasteiger partial charge < -0.3 is 10.1 Å². The van der Waals surface area contributed by atoms with Gasteiger partial charge in [-0.3, -0.25) is 0 Å². The Morgan fingerprint density at radius 2 is 1.88 bits per heavy atom. The van der Waals surface area contributed by atoms with E-state index in [1.165, 1.54) is 44.2 Å². The van der Waals surface area contributed by atoms with Crippen LogP contribution in [0.2, 0.25) is 0 Å². The van der Waals surface area contributed by atoms with E-state index in [2.05, 4.69) is 33.0 Å². The number of nitrogens with one attached hydrogen (secondary N) is 1. The van der Waals surface area contributed by atoms with Crippen LogP contribution in [0.1, 0.15) is 65.4 Å². The molecule has 2 nitrogen and oxygen atoms in total. The second kappa shape index (κ2) is 9.68. The van der Waals surface area contributed by atoms with E-state index in [0.29, 0.717) is 0 Å². The molecule has 0 spiro atoms. The molecule has 1 saturated heterocycles. The summed E-state index contributed by atoms with van der Waals surface area (Å²) in [6, 6.07) is 6.79. The van der Waals surface area contributed by atoms with Gasteiger partial charge in [0.2, 0.25) is 0 Å². The Labute approximate surface area is 153 Å².